The van der Waals surface area contributed by atoms with Gasteiger partial charge in [0, 0.05) is 25.2 Å². The van der Waals surface area contributed by atoms with Crippen molar-refractivity contribution in [3.63, 3.8) is 0 Å². The second-order valence-corrected chi connectivity index (χ2v) is 2.39. The maximum absolute atomic E-state index is 5.30. The summed E-state index contributed by atoms with van der Waals surface area (Å²) in [7, 11) is 0. The van der Waals surface area contributed by atoms with Crippen molar-refractivity contribution >= 4 is 0 Å². The van der Waals surface area contributed by atoms with E-state index < -0.39 is 0 Å². The number of nitrogens with one attached hydrogen (secondary N) is 1. The van der Waals surface area contributed by atoms with Crippen LogP contribution < -0.4 is 11.1 Å². The summed E-state index contributed by atoms with van der Waals surface area (Å²) in [6, 6.07) is 0. The van der Waals surface area contributed by atoms with Crippen LogP contribution in [-0.2, 0) is 6.54 Å². The van der Waals surface area contributed by atoms with Crippen LogP contribution in [0.1, 0.15) is 11.3 Å². The second kappa shape index (κ2) is 4.10. The first kappa shape index (κ1) is 8.23. The van der Waals surface area contributed by atoms with Gasteiger partial charge < -0.3 is 15.6 Å². The average molecular weight is 155 g/mol. The number of aromatic nitrogens is 1. The first-order chi connectivity index (χ1) is 5.34. The third kappa shape index (κ3) is 2.32. The minimum atomic E-state index is 0.657. The molecule has 3 N–H and O–H groups in total. The van der Waals surface area contributed by atoms with Gasteiger partial charge in [-0.1, -0.05) is 5.16 Å². The Morgan fingerprint density at radius 1 is 1.73 bits per heavy atom. The normalized spacial score (nSPS) is 10.4. The zero-order chi connectivity index (χ0) is 8.10. The Kier molecular flexibility index (Phi) is 3.07. The van der Waals surface area contributed by atoms with Crippen LogP contribution in [-0.4, -0.2) is 18.2 Å². The van der Waals surface area contributed by atoms with Gasteiger partial charge >= 0.3 is 0 Å². The molecule has 0 aromatic carbocycles. The first-order valence-corrected chi connectivity index (χ1v) is 3.65. The van der Waals surface area contributed by atoms with Crippen molar-refractivity contribution in [1.29, 1.82) is 0 Å². The van der Waals surface area contributed by atoms with Gasteiger partial charge in [0.1, 0.15) is 6.26 Å². The largest absolute Gasteiger partial charge is 0.364 e. The van der Waals surface area contributed by atoms with Crippen LogP contribution in [0.4, 0.5) is 0 Å². The summed E-state index contributed by atoms with van der Waals surface area (Å²) in [6.45, 7) is 4.18. The number of aryl methyl sites for hydroxylation is 1. The third-order valence-corrected chi connectivity index (χ3v) is 1.49. The van der Waals surface area contributed by atoms with Crippen molar-refractivity contribution in [2.45, 2.75) is 13.5 Å². The van der Waals surface area contributed by atoms with E-state index in [0.717, 1.165) is 24.3 Å². The number of rotatable bonds is 4. The van der Waals surface area contributed by atoms with Crippen molar-refractivity contribution in [2.75, 3.05) is 13.1 Å². The van der Waals surface area contributed by atoms with Gasteiger partial charge in [0.05, 0.1) is 5.69 Å². The molecule has 0 radical (unpaired) electrons. The highest BCUT2D eigenvalue weighted by atomic mass is 16.5. The Morgan fingerprint density at radius 3 is 3.09 bits per heavy atom. The maximum atomic E-state index is 5.30. The van der Waals surface area contributed by atoms with Crippen molar-refractivity contribution < 1.29 is 4.52 Å². The molecule has 1 rings (SSSR count). The molecule has 0 atom stereocenters. The Labute approximate surface area is 65.7 Å². The van der Waals surface area contributed by atoms with E-state index in [4.69, 9.17) is 10.3 Å². The minimum absolute atomic E-state index is 0.657. The first-order valence-electron chi connectivity index (χ1n) is 3.65. The fourth-order valence-electron chi connectivity index (χ4n) is 0.808. The molecule has 4 heteroatoms. The zero-order valence-corrected chi connectivity index (χ0v) is 6.63. The Hall–Kier alpha value is -0.870. The molecule has 62 valence electrons. The standard InChI is InChI=1S/C7H13N3O/c1-6-7(5-11-10-6)4-9-3-2-8/h5,9H,2-4,8H2,1H3. The SMILES string of the molecule is Cc1nocc1CNCCN. The monoisotopic (exact) mass is 155 g/mol. The fraction of sp³-hybridized carbons (Fsp3) is 0.571. The lowest BCUT2D eigenvalue weighted by molar-refractivity contribution is 0.414. The van der Waals surface area contributed by atoms with Crippen molar-refractivity contribution in [1.82, 2.24) is 10.5 Å². The molecule has 0 saturated carbocycles. The van der Waals surface area contributed by atoms with E-state index in [2.05, 4.69) is 10.5 Å². The predicted octanol–water partition coefficient (Wildman–Crippen LogP) is 0.0313. The summed E-state index contributed by atoms with van der Waals surface area (Å²) in [4.78, 5) is 0. The maximum Gasteiger partial charge on any atom is 0.128 e. The van der Waals surface area contributed by atoms with Crippen LogP contribution in [0.3, 0.4) is 0 Å². The van der Waals surface area contributed by atoms with Gasteiger partial charge in [-0.2, -0.15) is 0 Å². The lowest BCUT2D eigenvalue weighted by atomic mass is 10.3. The molecule has 11 heavy (non-hydrogen) atoms. The molecule has 0 aliphatic rings. The van der Waals surface area contributed by atoms with E-state index in [1.54, 1.807) is 6.26 Å². The highest BCUT2D eigenvalue weighted by Gasteiger charge is 1.99. The van der Waals surface area contributed by atoms with Crippen molar-refractivity contribution in [3.05, 3.63) is 17.5 Å². The summed E-state index contributed by atoms with van der Waals surface area (Å²) in [5.74, 6) is 0. The molecule has 0 bridgehead atoms. The van der Waals surface area contributed by atoms with Gasteiger partial charge in [-0.25, -0.2) is 0 Å². The van der Waals surface area contributed by atoms with E-state index in [0.29, 0.717) is 6.54 Å². The molecule has 0 amide bonds. The van der Waals surface area contributed by atoms with Gasteiger partial charge in [0.2, 0.25) is 0 Å². The molecule has 4 nitrogen and oxygen atoms in total. The minimum Gasteiger partial charge on any atom is -0.364 e. The van der Waals surface area contributed by atoms with Gasteiger partial charge in [-0.15, -0.1) is 0 Å². The summed E-state index contributed by atoms with van der Waals surface area (Å²) in [6.07, 6.45) is 1.65. The number of hydrogen-bond acceptors (Lipinski definition) is 4. The molecule has 0 unspecified atom stereocenters. The van der Waals surface area contributed by atoms with Crippen LogP contribution in [0.25, 0.3) is 0 Å². The van der Waals surface area contributed by atoms with Gasteiger partial charge in [0.15, 0.2) is 0 Å². The van der Waals surface area contributed by atoms with Gasteiger partial charge in [-0.05, 0) is 6.92 Å². The number of hydrogen-bond donors (Lipinski definition) is 2. The topological polar surface area (TPSA) is 64.1 Å². The molecular weight excluding hydrogens is 142 g/mol. The number of nitrogens with zero attached hydrogens (tertiary/aromatic N) is 1. The molecule has 1 aromatic rings. The molecular formula is C7H13N3O. The Morgan fingerprint density at radius 2 is 2.55 bits per heavy atom. The van der Waals surface area contributed by atoms with Gasteiger partial charge in [0.25, 0.3) is 0 Å². The van der Waals surface area contributed by atoms with Crippen LogP contribution in [0.15, 0.2) is 10.8 Å². The summed E-state index contributed by atoms with van der Waals surface area (Å²) >= 11 is 0. The highest BCUT2D eigenvalue weighted by Crippen LogP contribution is 2.02. The second-order valence-electron chi connectivity index (χ2n) is 2.39. The van der Waals surface area contributed by atoms with E-state index in [-0.39, 0.29) is 0 Å². The predicted molar refractivity (Wildman–Crippen MR) is 42.0 cm³/mol. The van der Waals surface area contributed by atoms with Gasteiger partial charge in [-0.3, -0.25) is 0 Å². The summed E-state index contributed by atoms with van der Waals surface area (Å²) < 4.78 is 4.75. The average Bonchev–Trinajstić information content (AvgIpc) is 2.37. The van der Waals surface area contributed by atoms with Crippen LogP contribution in [0.5, 0.6) is 0 Å². The van der Waals surface area contributed by atoms with E-state index >= 15 is 0 Å². The summed E-state index contributed by atoms with van der Waals surface area (Å²) in [5, 5.41) is 6.90. The molecule has 0 aliphatic heterocycles. The lowest BCUT2D eigenvalue weighted by Crippen LogP contribution is -2.21. The fourth-order valence-corrected chi connectivity index (χ4v) is 0.808. The molecule has 0 saturated heterocycles. The lowest BCUT2D eigenvalue weighted by Gasteiger charge is -1.98. The van der Waals surface area contributed by atoms with Crippen LogP contribution in [0.2, 0.25) is 0 Å². The molecule has 0 aliphatic carbocycles. The Balaban J connectivity index is 2.32. The smallest absolute Gasteiger partial charge is 0.128 e. The number of nitrogens with two attached hydrogens (primary N) is 1. The van der Waals surface area contributed by atoms with E-state index in [1.165, 1.54) is 0 Å². The van der Waals surface area contributed by atoms with Crippen molar-refractivity contribution in [3.8, 4) is 0 Å². The third-order valence-electron chi connectivity index (χ3n) is 1.49. The van der Waals surface area contributed by atoms with E-state index in [1.807, 2.05) is 6.92 Å². The molecule has 1 heterocycles. The van der Waals surface area contributed by atoms with Crippen molar-refractivity contribution in [2.24, 2.45) is 5.73 Å². The Bertz CT molecular complexity index is 209. The molecule has 0 fully saturated rings. The molecule has 0 spiro atoms. The van der Waals surface area contributed by atoms with Crippen LogP contribution >= 0.6 is 0 Å². The van der Waals surface area contributed by atoms with E-state index in [9.17, 15) is 0 Å². The molecule has 1 aromatic heterocycles. The quantitative estimate of drug-likeness (QED) is 0.602. The summed E-state index contributed by atoms with van der Waals surface area (Å²) in [5.41, 5.74) is 7.34. The zero-order valence-electron chi connectivity index (χ0n) is 6.63. The highest BCUT2D eigenvalue weighted by molar-refractivity contribution is 5.11. The van der Waals surface area contributed by atoms with Crippen LogP contribution in [0, 0.1) is 6.92 Å².